The van der Waals surface area contributed by atoms with Gasteiger partial charge in [0.15, 0.2) is 0 Å². The van der Waals surface area contributed by atoms with Crippen LogP contribution >= 0.6 is 15.8 Å². The van der Waals surface area contributed by atoms with E-state index in [4.69, 9.17) is 9.90 Å². The van der Waals surface area contributed by atoms with Crippen molar-refractivity contribution >= 4 is 22.1 Å². The second-order valence-electron chi connectivity index (χ2n) is 16.1. The predicted octanol–water partition coefficient (Wildman–Crippen LogP) is 14.0. The minimum absolute atomic E-state index is 0. The first-order chi connectivity index (χ1) is 22.6. The largest absolute Gasteiger partial charge is 0.542 e. The summed E-state index contributed by atoms with van der Waals surface area (Å²) in [5.74, 6) is 0.380. The summed E-state index contributed by atoms with van der Waals surface area (Å²) in [6.07, 6.45) is 50.7. The van der Waals surface area contributed by atoms with E-state index < -0.39 is 0 Å². The molecule has 0 aromatic carbocycles. The summed E-state index contributed by atoms with van der Waals surface area (Å²) >= 11 is 0. The van der Waals surface area contributed by atoms with Crippen molar-refractivity contribution < 1.29 is 30.3 Å². The molecular formula is C42H79O2P2Pd+. The maximum atomic E-state index is 8.68. The fourth-order valence-corrected chi connectivity index (χ4v) is 21.1. The van der Waals surface area contributed by atoms with E-state index in [9.17, 15) is 0 Å². The summed E-state index contributed by atoms with van der Waals surface area (Å²) < 4.78 is 0. The minimum Gasteiger partial charge on any atom is -0.542 e. The molecule has 6 saturated carbocycles. The van der Waals surface area contributed by atoms with Crippen LogP contribution in [0.5, 0.6) is 0 Å². The van der Waals surface area contributed by atoms with Gasteiger partial charge in [0.05, 0.1) is 39.7 Å². The Hall–Kier alpha value is 0.732. The number of allylic oxidation sites excluding steroid dienone is 2. The third kappa shape index (κ3) is 16.7. The number of rotatable bonds is 6. The summed E-state index contributed by atoms with van der Waals surface area (Å²) in [5, 5.41) is 8.22. The standard InChI is InChI=1S/2C18H33P.C4H8O.C2H3O.Pd/c2*1-4-10-16(11-5-1)19(17-12-6-2-7-13-17)18-14-8-3-9-15-18;1-3-4(2)5;1-2-3;/h2*16-18H,1-15H2;3,5H,1-2H3;1H3;/q;;;-1;/p+2/b;;4-3+;;. The molecule has 6 aliphatic carbocycles. The molecule has 2 nitrogen and oxygen atoms in total. The topological polar surface area (TPSA) is 37.3 Å². The molecule has 0 atom stereocenters. The van der Waals surface area contributed by atoms with Crippen LogP contribution in [-0.2, 0) is 25.2 Å². The Morgan fingerprint density at radius 3 is 0.702 bits per heavy atom. The summed E-state index contributed by atoms with van der Waals surface area (Å²) in [7, 11) is -0.0930. The van der Waals surface area contributed by atoms with Gasteiger partial charge in [0.2, 0.25) is 0 Å². The third-order valence-corrected chi connectivity index (χ3v) is 22.0. The second-order valence-corrected chi connectivity index (χ2v) is 23.0. The van der Waals surface area contributed by atoms with E-state index in [0.717, 1.165) is 0 Å². The number of hydrogen-bond acceptors (Lipinski definition) is 2. The van der Waals surface area contributed by atoms with Gasteiger partial charge < -0.3 is 9.90 Å². The van der Waals surface area contributed by atoms with Gasteiger partial charge in [0, 0.05) is 36.3 Å². The molecule has 6 aliphatic rings. The molecule has 0 aromatic heterocycles. The van der Waals surface area contributed by atoms with Crippen LogP contribution in [0.25, 0.3) is 0 Å². The van der Waals surface area contributed by atoms with Crippen molar-refractivity contribution in [2.75, 3.05) is 0 Å². The Bertz CT molecular complexity index is 626. The monoisotopic (exact) mass is 783 g/mol. The van der Waals surface area contributed by atoms with E-state index in [0.29, 0.717) is 5.76 Å². The summed E-state index contributed by atoms with van der Waals surface area (Å²) in [5.41, 5.74) is 7.36. The van der Waals surface area contributed by atoms with E-state index in [-0.39, 0.29) is 36.3 Å². The average Bonchev–Trinajstić information content (AvgIpc) is 3.12. The van der Waals surface area contributed by atoms with Gasteiger partial charge in [-0.25, -0.2) is 0 Å². The predicted molar refractivity (Wildman–Crippen MR) is 211 cm³/mol. The molecule has 0 radical (unpaired) electrons. The normalized spacial score (nSPS) is 24.9. The van der Waals surface area contributed by atoms with Gasteiger partial charge in [0.1, 0.15) is 0 Å². The zero-order valence-corrected chi connectivity index (χ0v) is 35.0. The smallest absolute Gasteiger partial charge is 0.0849 e. The Morgan fingerprint density at radius 1 is 0.468 bits per heavy atom. The second kappa shape index (κ2) is 27.4. The molecule has 0 bridgehead atoms. The Kier molecular flexibility index (Phi) is 25.6. The van der Waals surface area contributed by atoms with Gasteiger partial charge in [-0.1, -0.05) is 44.6 Å². The first-order valence-electron chi connectivity index (χ1n) is 20.9. The number of carbonyl (C=O) groups excluding carboxylic acids is 1. The van der Waals surface area contributed by atoms with Crippen LogP contribution in [0, 0.1) is 0 Å². The zero-order chi connectivity index (χ0) is 32.8. The maximum absolute atomic E-state index is 8.68. The average molecular weight is 784 g/mol. The first-order valence-corrected chi connectivity index (χ1v) is 24.4. The Balaban J connectivity index is 0.000000263. The van der Waals surface area contributed by atoms with Crippen LogP contribution in [0.15, 0.2) is 11.8 Å². The van der Waals surface area contributed by atoms with Gasteiger partial charge in [-0.3, -0.25) is 6.29 Å². The first kappa shape index (κ1) is 43.9. The SMILES string of the molecule is C/C=C(\C)O.C1CCC([PH+](C2CCCCC2)C2CCCCC2)CC1.C1CCC([PH+](C2CCCCC2)C2CCCCC2)CC1.C[C-]=O.[Pd]. The van der Waals surface area contributed by atoms with Gasteiger partial charge >= 0.3 is 0 Å². The summed E-state index contributed by atoms with van der Waals surface area (Å²) in [4.78, 5) is 8.68. The fraction of sp³-hybridized carbons (Fsp3) is 0.929. The van der Waals surface area contributed by atoms with Gasteiger partial charge in [-0.2, -0.15) is 6.92 Å². The molecule has 0 unspecified atom stereocenters. The van der Waals surface area contributed by atoms with Crippen LogP contribution in [-0.4, -0.2) is 45.3 Å². The molecular weight excluding hydrogens is 705 g/mol. The number of aliphatic hydroxyl groups excluding tert-OH is 1. The van der Waals surface area contributed by atoms with Crippen molar-refractivity contribution in [1.29, 1.82) is 0 Å². The van der Waals surface area contributed by atoms with Crippen molar-refractivity contribution in [2.24, 2.45) is 0 Å². The van der Waals surface area contributed by atoms with Crippen LogP contribution in [0.2, 0.25) is 0 Å². The molecule has 0 saturated heterocycles. The molecule has 47 heavy (non-hydrogen) atoms. The number of aliphatic hydroxyl groups is 1. The molecule has 0 aliphatic heterocycles. The van der Waals surface area contributed by atoms with Gasteiger partial charge in [-0.15, -0.1) is 0 Å². The summed E-state index contributed by atoms with van der Waals surface area (Å²) in [6, 6.07) is 0. The molecule has 278 valence electrons. The van der Waals surface area contributed by atoms with E-state index in [1.165, 1.54) is 47.2 Å². The quantitative estimate of drug-likeness (QED) is 0.126. The van der Waals surface area contributed by atoms with Gasteiger partial charge in [0.25, 0.3) is 0 Å². The summed E-state index contributed by atoms with van der Waals surface area (Å²) in [6.45, 7) is 4.75. The van der Waals surface area contributed by atoms with Gasteiger partial charge in [-0.05, 0) is 168 Å². The van der Waals surface area contributed by atoms with Crippen molar-refractivity contribution in [3.63, 3.8) is 0 Å². The minimum atomic E-state index is -0.0465. The van der Waals surface area contributed by atoms with Crippen molar-refractivity contribution in [3.8, 4) is 0 Å². The molecule has 0 heterocycles. The Labute approximate surface area is 310 Å². The molecule has 5 heteroatoms. The van der Waals surface area contributed by atoms with E-state index in [1.54, 1.807) is 213 Å². The fourth-order valence-electron chi connectivity index (χ4n) is 10.6. The molecule has 0 spiro atoms. The van der Waals surface area contributed by atoms with E-state index in [2.05, 4.69) is 0 Å². The maximum Gasteiger partial charge on any atom is 0.0849 e. The zero-order valence-electron chi connectivity index (χ0n) is 31.4. The van der Waals surface area contributed by atoms with Crippen molar-refractivity contribution in [2.45, 2.75) is 247 Å². The molecule has 1 N–H and O–H groups in total. The molecule has 6 rings (SSSR count). The van der Waals surface area contributed by atoms with Crippen LogP contribution in [0.1, 0.15) is 213 Å². The van der Waals surface area contributed by atoms with E-state index >= 15 is 0 Å². The van der Waals surface area contributed by atoms with Crippen molar-refractivity contribution in [1.82, 2.24) is 0 Å². The van der Waals surface area contributed by atoms with Crippen LogP contribution in [0.3, 0.4) is 0 Å². The molecule has 0 aromatic rings. The Morgan fingerprint density at radius 2 is 0.596 bits per heavy atom. The number of hydrogen-bond donors (Lipinski definition) is 1. The third-order valence-electron chi connectivity index (χ3n) is 12.9. The molecule has 6 fully saturated rings. The van der Waals surface area contributed by atoms with Crippen LogP contribution in [0.4, 0.5) is 0 Å². The molecule has 0 amide bonds. The van der Waals surface area contributed by atoms with Crippen molar-refractivity contribution in [3.05, 3.63) is 11.8 Å². The van der Waals surface area contributed by atoms with E-state index in [1.807, 2.05) is 0 Å². The van der Waals surface area contributed by atoms with Crippen LogP contribution < -0.4 is 0 Å².